The summed E-state index contributed by atoms with van der Waals surface area (Å²) in [6, 6.07) is 5.66. The van der Waals surface area contributed by atoms with Crippen LogP contribution in [0.4, 0.5) is 22.0 Å². The molecule has 0 saturated heterocycles. The van der Waals surface area contributed by atoms with Crippen molar-refractivity contribution in [2.75, 3.05) is 0 Å². The Bertz CT molecular complexity index is 807. The third-order valence-corrected chi connectivity index (χ3v) is 5.77. The lowest BCUT2D eigenvalue weighted by Gasteiger charge is -2.28. The van der Waals surface area contributed by atoms with E-state index in [0.717, 1.165) is 30.4 Å². The van der Waals surface area contributed by atoms with Crippen molar-refractivity contribution in [2.24, 2.45) is 11.8 Å². The summed E-state index contributed by atoms with van der Waals surface area (Å²) in [4.78, 5) is 0. The first-order valence-corrected chi connectivity index (χ1v) is 9.93. The molecule has 1 aliphatic carbocycles. The van der Waals surface area contributed by atoms with E-state index in [2.05, 4.69) is 11.7 Å². The van der Waals surface area contributed by atoms with Crippen molar-refractivity contribution < 1.29 is 26.7 Å². The van der Waals surface area contributed by atoms with E-state index >= 15 is 0 Å². The first kappa shape index (κ1) is 20.9. The molecule has 2 aromatic rings. The Morgan fingerprint density at radius 1 is 0.964 bits per heavy atom. The number of fused-ring (bicyclic) bond motifs is 1. The lowest BCUT2D eigenvalue weighted by Crippen LogP contribution is -2.19. The topological polar surface area (TPSA) is 9.23 Å². The molecule has 1 nitrogen and oxygen atoms in total. The Morgan fingerprint density at radius 2 is 1.61 bits per heavy atom. The molecule has 0 unspecified atom stereocenters. The summed E-state index contributed by atoms with van der Waals surface area (Å²) in [6.45, 7) is 2.22. The van der Waals surface area contributed by atoms with Crippen LogP contribution in [0.25, 0.3) is 10.8 Å². The second kappa shape index (κ2) is 8.66. The molecule has 0 amide bonds. The van der Waals surface area contributed by atoms with Crippen LogP contribution in [0.2, 0.25) is 0 Å². The van der Waals surface area contributed by atoms with Crippen LogP contribution in [0, 0.1) is 23.5 Å². The van der Waals surface area contributed by atoms with Crippen LogP contribution in [0.5, 0.6) is 5.75 Å². The maximum absolute atomic E-state index is 14.3. The highest BCUT2D eigenvalue weighted by molar-refractivity contribution is 5.85. The van der Waals surface area contributed by atoms with Crippen molar-refractivity contribution in [1.29, 1.82) is 0 Å². The third kappa shape index (κ3) is 5.15. The number of ether oxygens (including phenoxy) is 1. The van der Waals surface area contributed by atoms with Crippen molar-refractivity contribution >= 4 is 10.8 Å². The van der Waals surface area contributed by atoms with Crippen molar-refractivity contribution in [3.8, 4) is 5.75 Å². The number of hydrogen-bond acceptors (Lipinski definition) is 1. The minimum atomic E-state index is -5.15. The van der Waals surface area contributed by atoms with E-state index in [1.54, 1.807) is 12.1 Å². The van der Waals surface area contributed by atoms with E-state index in [1.807, 2.05) is 0 Å². The summed E-state index contributed by atoms with van der Waals surface area (Å²) in [5.41, 5.74) is 0.937. The van der Waals surface area contributed by atoms with E-state index in [1.165, 1.54) is 44.6 Å². The molecule has 0 radical (unpaired) electrons. The zero-order chi connectivity index (χ0) is 20.3. The van der Waals surface area contributed by atoms with Crippen LogP contribution in [0.1, 0.15) is 57.4 Å². The molecule has 1 aliphatic rings. The van der Waals surface area contributed by atoms with Gasteiger partial charge in [-0.05, 0) is 41.7 Å². The van der Waals surface area contributed by atoms with E-state index in [4.69, 9.17) is 0 Å². The fraction of sp³-hybridized carbons (Fsp3) is 0.545. The lowest BCUT2D eigenvalue weighted by atomic mass is 9.78. The van der Waals surface area contributed by atoms with Gasteiger partial charge in [-0.15, -0.1) is 13.2 Å². The monoisotopic (exact) mass is 400 g/mol. The van der Waals surface area contributed by atoms with Crippen molar-refractivity contribution in [1.82, 2.24) is 0 Å². The predicted molar refractivity (Wildman–Crippen MR) is 99.2 cm³/mol. The second-order valence-electron chi connectivity index (χ2n) is 7.82. The van der Waals surface area contributed by atoms with Crippen LogP contribution >= 0.6 is 0 Å². The molecular weight excluding hydrogens is 375 g/mol. The Balaban J connectivity index is 1.68. The molecule has 0 bridgehead atoms. The molecule has 0 heterocycles. The van der Waals surface area contributed by atoms with Gasteiger partial charge in [-0.2, -0.15) is 0 Å². The summed E-state index contributed by atoms with van der Waals surface area (Å²) in [6.07, 6.45) is 4.19. The Hall–Kier alpha value is -1.85. The smallest absolute Gasteiger partial charge is 0.399 e. The summed E-state index contributed by atoms with van der Waals surface area (Å²) >= 11 is 0. The van der Waals surface area contributed by atoms with Gasteiger partial charge in [0.05, 0.1) is 0 Å². The molecule has 0 aromatic heterocycles. The van der Waals surface area contributed by atoms with E-state index < -0.39 is 23.7 Å². The molecule has 2 aromatic carbocycles. The summed E-state index contributed by atoms with van der Waals surface area (Å²) in [7, 11) is 0. The summed E-state index contributed by atoms with van der Waals surface area (Å²) < 4.78 is 68.8. The van der Waals surface area contributed by atoms with Gasteiger partial charge in [0.25, 0.3) is 0 Å². The minimum Gasteiger partial charge on any atom is -0.399 e. The molecule has 6 heteroatoms. The molecule has 0 atom stereocenters. The quantitative estimate of drug-likeness (QED) is 0.455. The molecular formula is C22H25F5O. The number of benzene rings is 2. The summed E-state index contributed by atoms with van der Waals surface area (Å²) in [5.74, 6) is -2.57. The van der Waals surface area contributed by atoms with Crippen molar-refractivity contribution in [2.45, 2.75) is 64.7 Å². The molecule has 1 fully saturated rings. The normalized spacial score (nSPS) is 20.5. The van der Waals surface area contributed by atoms with Crippen LogP contribution in [-0.4, -0.2) is 6.36 Å². The van der Waals surface area contributed by atoms with Crippen LogP contribution in [0.3, 0.4) is 0 Å². The maximum atomic E-state index is 14.3. The first-order chi connectivity index (χ1) is 13.3. The highest BCUT2D eigenvalue weighted by Gasteiger charge is 2.34. The van der Waals surface area contributed by atoms with E-state index in [9.17, 15) is 22.0 Å². The van der Waals surface area contributed by atoms with Crippen LogP contribution in [-0.2, 0) is 6.42 Å². The molecule has 3 rings (SSSR count). The molecule has 0 aliphatic heterocycles. The van der Waals surface area contributed by atoms with Gasteiger partial charge in [-0.25, -0.2) is 8.78 Å². The number of hydrogen-bond donors (Lipinski definition) is 0. The highest BCUT2D eigenvalue weighted by atomic mass is 19.4. The Labute approximate surface area is 161 Å². The van der Waals surface area contributed by atoms with Gasteiger partial charge in [0.15, 0.2) is 11.6 Å². The number of aryl methyl sites for hydroxylation is 1. The largest absolute Gasteiger partial charge is 0.573 e. The van der Waals surface area contributed by atoms with Gasteiger partial charge in [0, 0.05) is 5.39 Å². The minimum absolute atomic E-state index is 0.0792. The fourth-order valence-electron chi connectivity index (χ4n) is 4.31. The first-order valence-electron chi connectivity index (χ1n) is 9.93. The standard InChI is InChI=1S/C22H25F5O/c1-2-3-14-4-6-15(7-5-14)8-9-16-10-11-18-17(12-16)13-19(23)21(20(18)24)28-22(25,26)27/h10-15H,2-9H2,1H3/t14-,15-. The van der Waals surface area contributed by atoms with Gasteiger partial charge in [0.2, 0.25) is 5.75 Å². The predicted octanol–water partition coefficient (Wildman–Crippen LogP) is 7.56. The van der Waals surface area contributed by atoms with Crippen molar-refractivity contribution in [3.63, 3.8) is 0 Å². The summed E-state index contributed by atoms with van der Waals surface area (Å²) in [5, 5.41) is 0.165. The third-order valence-electron chi connectivity index (χ3n) is 5.77. The Kier molecular flexibility index (Phi) is 6.46. The molecule has 0 spiro atoms. The zero-order valence-corrected chi connectivity index (χ0v) is 15.9. The van der Waals surface area contributed by atoms with E-state index in [-0.39, 0.29) is 10.8 Å². The Morgan fingerprint density at radius 3 is 2.21 bits per heavy atom. The molecule has 0 N–H and O–H groups in total. The average molecular weight is 400 g/mol. The number of halogens is 5. The SMILES string of the molecule is CCC[C@H]1CC[C@H](CCc2ccc3c(F)c(OC(F)(F)F)c(F)cc3c2)CC1. The number of rotatable bonds is 6. The van der Waals surface area contributed by atoms with Gasteiger partial charge >= 0.3 is 6.36 Å². The maximum Gasteiger partial charge on any atom is 0.573 e. The molecule has 154 valence electrons. The number of alkyl halides is 3. The average Bonchev–Trinajstić information content (AvgIpc) is 2.64. The van der Waals surface area contributed by atoms with Crippen molar-refractivity contribution in [3.05, 3.63) is 41.5 Å². The molecule has 1 saturated carbocycles. The van der Waals surface area contributed by atoms with Gasteiger partial charge in [-0.1, -0.05) is 63.6 Å². The fourth-order valence-corrected chi connectivity index (χ4v) is 4.31. The second-order valence-corrected chi connectivity index (χ2v) is 7.82. The van der Waals surface area contributed by atoms with Gasteiger partial charge < -0.3 is 4.74 Å². The lowest BCUT2D eigenvalue weighted by molar-refractivity contribution is -0.276. The van der Waals surface area contributed by atoms with E-state index in [0.29, 0.717) is 5.92 Å². The molecule has 28 heavy (non-hydrogen) atoms. The van der Waals surface area contributed by atoms with Crippen LogP contribution in [0.15, 0.2) is 24.3 Å². The van der Waals surface area contributed by atoms with Gasteiger partial charge in [0.1, 0.15) is 0 Å². The van der Waals surface area contributed by atoms with Gasteiger partial charge in [-0.3, -0.25) is 0 Å². The zero-order valence-electron chi connectivity index (χ0n) is 15.9. The highest BCUT2D eigenvalue weighted by Crippen LogP contribution is 2.36. The van der Waals surface area contributed by atoms with Crippen LogP contribution < -0.4 is 4.74 Å².